The summed E-state index contributed by atoms with van der Waals surface area (Å²) in [6, 6.07) is -1.07. The van der Waals surface area contributed by atoms with Crippen molar-refractivity contribution in [2.75, 3.05) is 0 Å². The van der Waals surface area contributed by atoms with Crippen LogP contribution in [0.2, 0.25) is 0 Å². The summed E-state index contributed by atoms with van der Waals surface area (Å²) in [5.74, 6) is -2.28. The first kappa shape index (κ1) is 10.9. The number of primary amides is 1. The Morgan fingerprint density at radius 3 is 2.21 bits per heavy atom. The predicted octanol–water partition coefficient (Wildman–Crippen LogP) is -0.0866. The molecular weight excluding hydrogens is 228 g/mol. The number of thioether (sulfide) groups is 2. The molecule has 0 aliphatic carbocycles. The minimum atomic E-state index is -1.72. The topological polar surface area (TPSA) is 109 Å². The number of carbonyl (C=O) groups excluding carboxylic acids is 2. The molecular formula is C6H6N2O4S2. The summed E-state index contributed by atoms with van der Waals surface area (Å²) in [5, 5.41) is 10.5. The average Bonchev–Trinajstić information content (AvgIpc) is 1.95. The predicted molar refractivity (Wildman–Crippen MR) is 52.4 cm³/mol. The number of hydrogen-bond donors (Lipinski definition) is 3. The van der Waals surface area contributed by atoms with Crippen molar-refractivity contribution in [2.24, 2.45) is 5.73 Å². The van der Waals surface area contributed by atoms with Gasteiger partial charge < -0.3 is 10.8 Å². The highest BCUT2D eigenvalue weighted by Gasteiger charge is 2.56. The molecule has 1 heterocycles. The number of hydrogen-bond acceptors (Lipinski definition) is 5. The molecule has 0 unspecified atom stereocenters. The Hall–Kier alpha value is -1.15. The van der Waals surface area contributed by atoms with Crippen LogP contribution in [0.5, 0.6) is 0 Å². The Morgan fingerprint density at radius 1 is 1.43 bits per heavy atom. The fourth-order valence-corrected chi connectivity index (χ4v) is 3.02. The van der Waals surface area contributed by atoms with Crippen molar-refractivity contribution in [2.45, 2.75) is 4.08 Å². The molecule has 6 nitrogen and oxygen atoms in total. The van der Waals surface area contributed by atoms with Crippen LogP contribution in [0.1, 0.15) is 0 Å². The van der Waals surface area contributed by atoms with E-state index in [1.807, 2.05) is 0 Å². The summed E-state index contributed by atoms with van der Waals surface area (Å²) in [4.78, 5) is 32.4. The van der Waals surface area contributed by atoms with Gasteiger partial charge in [-0.25, -0.2) is 9.59 Å². The number of amides is 3. The molecule has 4 N–H and O–H groups in total. The molecule has 1 aliphatic heterocycles. The maximum atomic E-state index is 11.3. The quantitative estimate of drug-likeness (QED) is 0.576. The number of aliphatic carboxylic acids is 1. The lowest BCUT2D eigenvalue weighted by molar-refractivity contribution is -0.140. The monoisotopic (exact) mass is 234 g/mol. The molecule has 0 spiro atoms. The summed E-state index contributed by atoms with van der Waals surface area (Å²) < 4.78 is -1.21. The molecule has 0 aromatic heterocycles. The zero-order valence-corrected chi connectivity index (χ0v) is 8.41. The second-order valence-corrected chi connectivity index (χ2v) is 5.45. The zero-order chi connectivity index (χ0) is 10.9. The highest BCUT2D eigenvalue weighted by atomic mass is 32.3. The van der Waals surface area contributed by atoms with Crippen molar-refractivity contribution in [1.29, 1.82) is 0 Å². The van der Waals surface area contributed by atoms with Gasteiger partial charge in [0.2, 0.25) is 4.08 Å². The van der Waals surface area contributed by atoms with Gasteiger partial charge in [-0.05, 0) is 0 Å². The molecule has 0 atom stereocenters. The fourth-order valence-electron chi connectivity index (χ4n) is 0.800. The van der Waals surface area contributed by atoms with Gasteiger partial charge in [-0.2, -0.15) is 0 Å². The molecule has 8 heteroatoms. The first-order valence-electron chi connectivity index (χ1n) is 3.29. The van der Waals surface area contributed by atoms with Gasteiger partial charge in [0.05, 0.1) is 0 Å². The van der Waals surface area contributed by atoms with Crippen LogP contribution in [-0.2, 0) is 9.59 Å². The summed E-state index contributed by atoms with van der Waals surface area (Å²) in [6.07, 6.45) is 0. The Balaban J connectivity index is 2.80. The first-order valence-corrected chi connectivity index (χ1v) is 4.93. The van der Waals surface area contributed by atoms with E-state index in [9.17, 15) is 14.4 Å². The number of rotatable bonds is 2. The van der Waals surface area contributed by atoms with E-state index in [0.717, 1.165) is 23.5 Å². The van der Waals surface area contributed by atoms with Crippen LogP contribution in [0.3, 0.4) is 0 Å². The van der Waals surface area contributed by atoms with Crippen molar-refractivity contribution in [3.8, 4) is 0 Å². The maximum absolute atomic E-state index is 11.3. The smallest absolute Gasteiger partial charge is 0.340 e. The molecule has 1 aliphatic rings. The van der Waals surface area contributed by atoms with Crippen LogP contribution in [-0.4, -0.2) is 27.1 Å². The summed E-state index contributed by atoms with van der Waals surface area (Å²) in [7, 11) is 0. The van der Waals surface area contributed by atoms with E-state index in [1.54, 1.807) is 5.32 Å². The second-order valence-electron chi connectivity index (χ2n) is 2.32. The Bertz CT molecular complexity index is 333. The molecule has 0 bridgehead atoms. The van der Waals surface area contributed by atoms with Crippen molar-refractivity contribution in [3.63, 3.8) is 0 Å². The number of urea groups is 1. The molecule has 0 radical (unpaired) electrons. The van der Waals surface area contributed by atoms with Crippen LogP contribution in [0.25, 0.3) is 0 Å². The third-order valence-corrected chi connectivity index (χ3v) is 4.08. The summed E-state index contributed by atoms with van der Waals surface area (Å²) in [6.45, 7) is 3.47. The third-order valence-electron chi connectivity index (χ3n) is 1.33. The zero-order valence-electron chi connectivity index (χ0n) is 6.77. The van der Waals surface area contributed by atoms with Gasteiger partial charge in [-0.15, -0.1) is 0 Å². The van der Waals surface area contributed by atoms with Crippen molar-refractivity contribution in [1.82, 2.24) is 5.32 Å². The fraction of sp³-hybridized carbons (Fsp3) is 0.167. The number of carboxylic acids is 1. The van der Waals surface area contributed by atoms with E-state index in [0.29, 0.717) is 4.24 Å². The van der Waals surface area contributed by atoms with E-state index < -0.39 is 22.0 Å². The first-order chi connectivity index (χ1) is 6.38. The molecule has 1 fully saturated rings. The van der Waals surface area contributed by atoms with Gasteiger partial charge in [0.1, 0.15) is 0 Å². The van der Waals surface area contributed by atoms with Crippen LogP contribution < -0.4 is 11.1 Å². The van der Waals surface area contributed by atoms with E-state index in [-0.39, 0.29) is 0 Å². The number of nitrogens with one attached hydrogen (secondary N) is 1. The Morgan fingerprint density at radius 2 is 1.93 bits per heavy atom. The minimum absolute atomic E-state index is 0.507. The van der Waals surface area contributed by atoms with E-state index in [2.05, 4.69) is 6.58 Å². The molecule has 3 amide bonds. The SMILES string of the molecule is C=C1SC(C(=O)O)(C(=O)NC(N)=O)S1. The van der Waals surface area contributed by atoms with Crippen molar-refractivity contribution < 1.29 is 19.5 Å². The number of imide groups is 1. The molecule has 76 valence electrons. The molecule has 1 rings (SSSR count). The van der Waals surface area contributed by atoms with E-state index >= 15 is 0 Å². The number of nitrogens with two attached hydrogens (primary N) is 1. The van der Waals surface area contributed by atoms with Gasteiger partial charge in [0.15, 0.2) is 0 Å². The summed E-state index contributed by atoms with van der Waals surface area (Å²) in [5.41, 5.74) is 4.70. The maximum Gasteiger partial charge on any atom is 0.340 e. The van der Waals surface area contributed by atoms with Crippen molar-refractivity contribution in [3.05, 3.63) is 10.8 Å². The van der Waals surface area contributed by atoms with Crippen LogP contribution in [0.15, 0.2) is 10.8 Å². The molecule has 0 aromatic rings. The highest BCUT2D eigenvalue weighted by molar-refractivity contribution is 8.41. The summed E-state index contributed by atoms with van der Waals surface area (Å²) >= 11 is 1.57. The molecule has 0 aromatic carbocycles. The highest BCUT2D eigenvalue weighted by Crippen LogP contribution is 2.59. The van der Waals surface area contributed by atoms with Gasteiger partial charge >= 0.3 is 12.0 Å². The lowest BCUT2D eigenvalue weighted by atomic mass is 10.4. The normalized spacial score (nSPS) is 18.1. The Kier molecular flexibility index (Phi) is 2.76. The molecule has 0 saturated carbocycles. The van der Waals surface area contributed by atoms with Crippen LogP contribution in [0.4, 0.5) is 4.79 Å². The van der Waals surface area contributed by atoms with Crippen LogP contribution in [0, 0.1) is 0 Å². The van der Waals surface area contributed by atoms with E-state index in [4.69, 9.17) is 10.8 Å². The van der Waals surface area contributed by atoms with Gasteiger partial charge in [0, 0.05) is 4.24 Å². The number of carboxylic acid groups (broad SMARTS) is 1. The van der Waals surface area contributed by atoms with E-state index in [1.165, 1.54) is 0 Å². The average molecular weight is 234 g/mol. The van der Waals surface area contributed by atoms with Gasteiger partial charge in [0.25, 0.3) is 5.91 Å². The van der Waals surface area contributed by atoms with Crippen molar-refractivity contribution >= 4 is 41.4 Å². The lowest BCUT2D eigenvalue weighted by Gasteiger charge is -2.34. The third kappa shape index (κ3) is 1.70. The van der Waals surface area contributed by atoms with Crippen LogP contribution >= 0.6 is 23.5 Å². The number of carbonyl (C=O) groups is 3. The Labute approximate surface area is 87.3 Å². The lowest BCUT2D eigenvalue weighted by Crippen LogP contribution is -2.53. The molecule has 14 heavy (non-hydrogen) atoms. The molecule has 1 saturated heterocycles. The largest absolute Gasteiger partial charge is 0.479 e. The standard InChI is InChI=1S/C6H6N2O4S2/c1-2-13-6(14-2,4(10)11)3(9)8-5(7)12/h1H2,(H,10,11)(H3,7,8,9,12). The second kappa shape index (κ2) is 3.54. The van der Waals surface area contributed by atoms with Gasteiger partial charge in [-0.3, -0.25) is 10.1 Å². The van der Waals surface area contributed by atoms with Gasteiger partial charge in [-0.1, -0.05) is 30.1 Å². The minimum Gasteiger partial charge on any atom is -0.479 e.